The summed E-state index contributed by atoms with van der Waals surface area (Å²) < 4.78 is 23.5. The number of hydrogen-bond donors (Lipinski definition) is 2. The van der Waals surface area contributed by atoms with Crippen molar-refractivity contribution in [2.75, 3.05) is 22.1 Å². The number of hydrogen-bond acceptors (Lipinski definition) is 6. The maximum absolute atomic E-state index is 11.7. The Morgan fingerprint density at radius 1 is 0.885 bits per heavy atom. The van der Waals surface area contributed by atoms with Gasteiger partial charge in [-0.3, -0.25) is 0 Å². The zero-order valence-electron chi connectivity index (χ0n) is 14.7. The molecule has 1 saturated heterocycles. The van der Waals surface area contributed by atoms with Crippen LogP contribution in [0, 0.1) is 0 Å². The maximum atomic E-state index is 11.7. The second-order valence-electron chi connectivity index (χ2n) is 7.20. The highest BCUT2D eigenvalue weighted by Gasteiger charge is 2.28. The van der Waals surface area contributed by atoms with E-state index in [0.29, 0.717) is 24.1 Å². The van der Waals surface area contributed by atoms with Gasteiger partial charge in [-0.2, -0.15) is 0 Å². The van der Waals surface area contributed by atoms with Gasteiger partial charge in [0.25, 0.3) is 0 Å². The number of benzene rings is 1. The molecule has 0 radical (unpaired) electrons. The van der Waals surface area contributed by atoms with Crippen molar-refractivity contribution in [1.82, 2.24) is 9.97 Å². The summed E-state index contributed by atoms with van der Waals surface area (Å²) in [6.45, 7) is 0. The Labute approximate surface area is 154 Å². The molecule has 7 heteroatoms. The van der Waals surface area contributed by atoms with Crippen LogP contribution in [-0.4, -0.2) is 42.0 Å². The molecule has 0 bridgehead atoms. The Hall–Kier alpha value is -2.15. The summed E-state index contributed by atoms with van der Waals surface area (Å²) in [5.74, 6) is 2.55. The molecule has 1 aliphatic heterocycles. The molecule has 0 spiro atoms. The van der Waals surface area contributed by atoms with Crippen molar-refractivity contribution in [2.45, 2.75) is 44.2 Å². The van der Waals surface area contributed by atoms with Gasteiger partial charge in [0.15, 0.2) is 15.7 Å². The number of nitrogens with zero attached hydrogens (tertiary/aromatic N) is 2. The summed E-state index contributed by atoms with van der Waals surface area (Å²) >= 11 is 0. The molecule has 1 atom stereocenters. The van der Waals surface area contributed by atoms with E-state index in [2.05, 4.69) is 20.6 Å². The molecule has 26 heavy (non-hydrogen) atoms. The summed E-state index contributed by atoms with van der Waals surface area (Å²) in [7, 11) is -2.93. The summed E-state index contributed by atoms with van der Waals surface area (Å²) in [5.41, 5.74) is 0.949. The van der Waals surface area contributed by atoms with E-state index >= 15 is 0 Å². The van der Waals surface area contributed by atoms with Crippen molar-refractivity contribution in [3.8, 4) is 11.4 Å². The molecular weight excluding hydrogens is 348 g/mol. The summed E-state index contributed by atoms with van der Waals surface area (Å²) in [4.78, 5) is 9.32. The lowest BCUT2D eigenvalue weighted by atomic mass is 10.2. The van der Waals surface area contributed by atoms with Crippen LogP contribution >= 0.6 is 0 Å². The van der Waals surface area contributed by atoms with Gasteiger partial charge in [-0.05, 0) is 19.3 Å². The van der Waals surface area contributed by atoms with E-state index in [1.165, 1.54) is 12.8 Å². The minimum atomic E-state index is -2.93. The standard InChI is InChI=1S/C19H24N4O2S/c24-26(25)11-10-16(13-26)21-18-12-17(20-15-8-4-5-9-15)22-19(23-18)14-6-2-1-3-7-14/h1-3,6-7,12,15-16H,4-5,8-11,13H2,(H2,20,21,22,23). The van der Waals surface area contributed by atoms with Crippen LogP contribution in [0.25, 0.3) is 11.4 Å². The van der Waals surface area contributed by atoms with E-state index in [-0.39, 0.29) is 17.5 Å². The van der Waals surface area contributed by atoms with Crippen LogP contribution in [0.4, 0.5) is 11.6 Å². The Bertz CT molecular complexity index is 864. The van der Waals surface area contributed by atoms with Gasteiger partial charge in [-0.1, -0.05) is 43.2 Å². The van der Waals surface area contributed by atoms with Crippen molar-refractivity contribution in [3.05, 3.63) is 36.4 Å². The van der Waals surface area contributed by atoms with Crippen LogP contribution in [-0.2, 0) is 9.84 Å². The smallest absolute Gasteiger partial charge is 0.163 e. The molecule has 2 heterocycles. The van der Waals surface area contributed by atoms with E-state index in [1.807, 2.05) is 36.4 Å². The van der Waals surface area contributed by atoms with E-state index in [9.17, 15) is 8.42 Å². The van der Waals surface area contributed by atoms with Crippen molar-refractivity contribution >= 4 is 21.5 Å². The van der Waals surface area contributed by atoms with Gasteiger partial charge >= 0.3 is 0 Å². The van der Waals surface area contributed by atoms with Crippen LogP contribution in [0.3, 0.4) is 0 Å². The van der Waals surface area contributed by atoms with Gasteiger partial charge in [-0.25, -0.2) is 18.4 Å². The average Bonchev–Trinajstić information content (AvgIpc) is 3.25. The summed E-state index contributed by atoms with van der Waals surface area (Å²) in [6.07, 6.45) is 5.44. The Balaban J connectivity index is 1.61. The highest BCUT2D eigenvalue weighted by molar-refractivity contribution is 7.91. The Morgan fingerprint density at radius 2 is 1.54 bits per heavy atom. The molecule has 2 aromatic rings. The van der Waals surface area contributed by atoms with Crippen LogP contribution in [0.5, 0.6) is 0 Å². The number of nitrogens with one attached hydrogen (secondary N) is 2. The van der Waals surface area contributed by atoms with Gasteiger partial charge in [-0.15, -0.1) is 0 Å². The van der Waals surface area contributed by atoms with Crippen molar-refractivity contribution in [2.24, 2.45) is 0 Å². The second-order valence-corrected chi connectivity index (χ2v) is 9.43. The van der Waals surface area contributed by atoms with Crippen molar-refractivity contribution < 1.29 is 8.42 Å². The molecule has 1 saturated carbocycles. The fourth-order valence-electron chi connectivity index (χ4n) is 3.71. The highest BCUT2D eigenvalue weighted by Crippen LogP contribution is 2.26. The first-order valence-corrected chi connectivity index (χ1v) is 11.1. The Kier molecular flexibility index (Phi) is 4.80. The minimum absolute atomic E-state index is 0.0853. The van der Waals surface area contributed by atoms with Gasteiger partial charge in [0, 0.05) is 23.7 Å². The molecule has 2 aliphatic rings. The molecule has 1 aliphatic carbocycles. The van der Waals surface area contributed by atoms with Crippen LogP contribution in [0.15, 0.2) is 36.4 Å². The first kappa shape index (κ1) is 17.3. The number of anilines is 2. The van der Waals surface area contributed by atoms with E-state index in [1.54, 1.807) is 0 Å². The first-order chi connectivity index (χ1) is 12.6. The lowest BCUT2D eigenvalue weighted by Crippen LogP contribution is -2.22. The Morgan fingerprint density at radius 3 is 2.15 bits per heavy atom. The fourth-order valence-corrected chi connectivity index (χ4v) is 5.38. The zero-order valence-corrected chi connectivity index (χ0v) is 15.5. The zero-order chi connectivity index (χ0) is 18.0. The normalized spacial score (nSPS) is 22.4. The third-order valence-corrected chi connectivity index (χ3v) is 6.82. The van der Waals surface area contributed by atoms with Crippen LogP contribution in [0.2, 0.25) is 0 Å². The molecular formula is C19H24N4O2S. The molecule has 2 N–H and O–H groups in total. The molecule has 138 valence electrons. The van der Waals surface area contributed by atoms with E-state index in [0.717, 1.165) is 24.2 Å². The van der Waals surface area contributed by atoms with Crippen LogP contribution < -0.4 is 10.6 Å². The summed E-state index contributed by atoms with van der Waals surface area (Å²) in [5, 5.41) is 6.82. The van der Waals surface area contributed by atoms with Gasteiger partial charge in [0.05, 0.1) is 11.5 Å². The molecule has 2 fully saturated rings. The fraction of sp³-hybridized carbons (Fsp3) is 0.474. The quantitative estimate of drug-likeness (QED) is 0.839. The number of aromatic nitrogens is 2. The molecule has 1 aromatic heterocycles. The summed E-state index contributed by atoms with van der Waals surface area (Å²) in [6, 6.07) is 12.1. The SMILES string of the molecule is O=S1(=O)CCC(Nc2cc(NC3CCCC3)nc(-c3ccccc3)n2)C1. The molecule has 1 unspecified atom stereocenters. The largest absolute Gasteiger partial charge is 0.367 e. The predicted molar refractivity (Wildman–Crippen MR) is 104 cm³/mol. The number of rotatable bonds is 5. The average molecular weight is 372 g/mol. The van der Waals surface area contributed by atoms with E-state index < -0.39 is 9.84 Å². The first-order valence-electron chi connectivity index (χ1n) is 9.25. The molecule has 4 rings (SSSR count). The van der Waals surface area contributed by atoms with Crippen molar-refractivity contribution in [1.29, 1.82) is 0 Å². The lowest BCUT2D eigenvalue weighted by molar-refractivity contribution is 0.602. The topological polar surface area (TPSA) is 84.0 Å². The van der Waals surface area contributed by atoms with Crippen molar-refractivity contribution in [3.63, 3.8) is 0 Å². The van der Waals surface area contributed by atoms with E-state index in [4.69, 9.17) is 0 Å². The lowest BCUT2D eigenvalue weighted by Gasteiger charge is -2.17. The van der Waals surface area contributed by atoms with Gasteiger partial charge < -0.3 is 10.6 Å². The monoisotopic (exact) mass is 372 g/mol. The molecule has 0 amide bonds. The van der Waals surface area contributed by atoms with Crippen LogP contribution in [0.1, 0.15) is 32.1 Å². The molecule has 1 aromatic carbocycles. The second kappa shape index (κ2) is 7.23. The van der Waals surface area contributed by atoms with Gasteiger partial charge in [0.2, 0.25) is 0 Å². The third-order valence-electron chi connectivity index (χ3n) is 5.05. The minimum Gasteiger partial charge on any atom is -0.367 e. The van der Waals surface area contributed by atoms with Gasteiger partial charge in [0.1, 0.15) is 11.6 Å². The molecule has 6 nitrogen and oxygen atoms in total. The predicted octanol–water partition coefficient (Wildman–Crippen LogP) is 3.10. The maximum Gasteiger partial charge on any atom is 0.163 e. The third kappa shape index (κ3) is 4.15. The highest BCUT2D eigenvalue weighted by atomic mass is 32.2. The number of sulfone groups is 1.